The second-order valence-corrected chi connectivity index (χ2v) is 3.22. The lowest BCUT2D eigenvalue weighted by molar-refractivity contribution is 0.515. The van der Waals surface area contributed by atoms with E-state index in [9.17, 15) is 4.21 Å². The summed E-state index contributed by atoms with van der Waals surface area (Å²) in [6, 6.07) is 9.59. The molecule has 2 nitrogen and oxygen atoms in total. The molecule has 0 aliphatic heterocycles. The summed E-state index contributed by atoms with van der Waals surface area (Å²) in [6.07, 6.45) is 2.89. The van der Waals surface area contributed by atoms with Crippen molar-refractivity contribution in [3.8, 4) is 0 Å². The zero-order chi connectivity index (χ0) is 9.52. The molecule has 1 unspecified atom stereocenters. The molecule has 0 radical (unpaired) electrons. The number of rotatable bonds is 4. The van der Waals surface area contributed by atoms with Gasteiger partial charge in [0, 0.05) is 5.41 Å². The molecule has 1 atom stereocenters. The normalized spacial score (nSPS) is 12.6. The zero-order valence-corrected chi connectivity index (χ0v) is 7.87. The second kappa shape index (κ2) is 5.32. The fraction of sp³-hybridized carbons (Fsp3) is 0. The highest BCUT2D eigenvalue weighted by Crippen LogP contribution is 2.02. The van der Waals surface area contributed by atoms with Gasteiger partial charge in [-0.15, -0.1) is 0 Å². The van der Waals surface area contributed by atoms with Gasteiger partial charge in [0.1, 0.15) is 0 Å². The van der Waals surface area contributed by atoms with Crippen LogP contribution >= 0.6 is 0 Å². The van der Waals surface area contributed by atoms with E-state index in [1.54, 1.807) is 6.08 Å². The molecule has 0 saturated heterocycles. The number of hydrogen-bond acceptors (Lipinski definition) is 2. The van der Waals surface area contributed by atoms with Crippen molar-refractivity contribution in [3.05, 3.63) is 54.1 Å². The van der Waals surface area contributed by atoms with Gasteiger partial charge in [-0.1, -0.05) is 36.9 Å². The summed E-state index contributed by atoms with van der Waals surface area (Å²) in [4.78, 5) is 0. The van der Waals surface area contributed by atoms with Crippen LogP contribution < -0.4 is 0 Å². The van der Waals surface area contributed by atoms with E-state index in [0.29, 0.717) is 0 Å². The maximum atomic E-state index is 10.9. The molecule has 0 heterocycles. The van der Waals surface area contributed by atoms with Gasteiger partial charge in [0.15, 0.2) is 0 Å². The highest BCUT2D eigenvalue weighted by molar-refractivity contribution is 7.83. The Morgan fingerprint density at radius 1 is 1.31 bits per heavy atom. The van der Waals surface area contributed by atoms with Crippen LogP contribution in [0.3, 0.4) is 0 Å². The van der Waals surface area contributed by atoms with Gasteiger partial charge in [0.05, 0.1) is 6.26 Å². The second-order valence-electron chi connectivity index (χ2n) is 2.24. The van der Waals surface area contributed by atoms with E-state index in [-0.39, 0.29) is 0 Å². The summed E-state index contributed by atoms with van der Waals surface area (Å²) < 4.78 is 15.6. The van der Waals surface area contributed by atoms with Crippen LogP contribution in [0, 0.1) is 0 Å². The summed E-state index contributed by atoms with van der Waals surface area (Å²) in [6.45, 7) is 3.31. The van der Waals surface area contributed by atoms with Crippen molar-refractivity contribution in [1.82, 2.24) is 0 Å². The quantitative estimate of drug-likeness (QED) is 0.688. The molecule has 0 bridgehead atoms. The average molecular weight is 194 g/mol. The Kier molecular flexibility index (Phi) is 3.99. The van der Waals surface area contributed by atoms with Crippen LogP contribution in [0.4, 0.5) is 0 Å². The summed E-state index contributed by atoms with van der Waals surface area (Å²) in [7, 11) is 0. The van der Waals surface area contributed by atoms with Crippen LogP contribution in [-0.4, -0.2) is 4.21 Å². The first-order valence-corrected chi connectivity index (χ1v) is 4.88. The maximum absolute atomic E-state index is 10.9. The Labute approximate surface area is 80.2 Å². The Morgan fingerprint density at radius 3 is 2.62 bits per heavy atom. The molecule has 1 aromatic carbocycles. The largest absolute Gasteiger partial charge is 0.406 e. The number of hydrogen-bond donors (Lipinski definition) is 0. The lowest BCUT2D eigenvalue weighted by atomic mass is 10.2. The first-order chi connectivity index (χ1) is 6.33. The maximum Gasteiger partial charge on any atom is 0.232 e. The third-order valence-electron chi connectivity index (χ3n) is 1.33. The topological polar surface area (TPSA) is 26.3 Å². The Morgan fingerprint density at radius 2 is 2.00 bits per heavy atom. The van der Waals surface area contributed by atoms with Gasteiger partial charge in [0.2, 0.25) is 11.1 Å². The molecular formula is C10H10O2S. The fourth-order valence-electron chi connectivity index (χ4n) is 0.797. The van der Waals surface area contributed by atoms with E-state index in [2.05, 4.69) is 10.8 Å². The molecular weight excluding hydrogens is 184 g/mol. The van der Waals surface area contributed by atoms with Crippen molar-refractivity contribution in [2.24, 2.45) is 0 Å². The minimum Gasteiger partial charge on any atom is -0.406 e. The molecule has 3 heteroatoms. The van der Waals surface area contributed by atoms with Gasteiger partial charge in [-0.25, -0.2) is 4.21 Å². The molecule has 1 rings (SSSR count). The lowest BCUT2D eigenvalue weighted by Crippen LogP contribution is -1.83. The monoisotopic (exact) mass is 194 g/mol. The van der Waals surface area contributed by atoms with Crippen LogP contribution in [0.15, 0.2) is 48.6 Å². The summed E-state index contributed by atoms with van der Waals surface area (Å²) >= 11 is -1.42. The van der Waals surface area contributed by atoms with E-state index in [0.717, 1.165) is 11.8 Å². The van der Waals surface area contributed by atoms with E-state index >= 15 is 0 Å². The predicted octanol–water partition coefficient (Wildman–Crippen LogP) is 2.48. The molecule has 1 aromatic rings. The SMILES string of the molecule is C=COS(=O)C=Cc1ccccc1. The molecule has 0 fully saturated rings. The Hall–Kier alpha value is -1.35. The van der Waals surface area contributed by atoms with Crippen molar-refractivity contribution in [3.63, 3.8) is 0 Å². The molecule has 0 aromatic heterocycles. The van der Waals surface area contributed by atoms with Crippen LogP contribution in [0.25, 0.3) is 6.08 Å². The van der Waals surface area contributed by atoms with Crippen LogP contribution in [-0.2, 0) is 15.3 Å². The van der Waals surface area contributed by atoms with Crippen molar-refractivity contribution >= 4 is 17.2 Å². The van der Waals surface area contributed by atoms with Crippen molar-refractivity contribution < 1.29 is 8.39 Å². The van der Waals surface area contributed by atoms with Crippen LogP contribution in [0.2, 0.25) is 0 Å². The zero-order valence-electron chi connectivity index (χ0n) is 7.05. The molecule has 0 amide bonds. The number of benzene rings is 1. The van der Waals surface area contributed by atoms with Crippen molar-refractivity contribution in [2.75, 3.05) is 0 Å². The van der Waals surface area contributed by atoms with E-state index in [1.807, 2.05) is 30.3 Å². The van der Waals surface area contributed by atoms with Gasteiger partial charge in [-0.2, -0.15) is 0 Å². The van der Waals surface area contributed by atoms with E-state index in [1.165, 1.54) is 5.41 Å². The first-order valence-electron chi connectivity index (χ1n) is 3.75. The van der Waals surface area contributed by atoms with Crippen molar-refractivity contribution in [1.29, 1.82) is 0 Å². The molecule has 0 aliphatic rings. The predicted molar refractivity (Wildman–Crippen MR) is 54.9 cm³/mol. The molecule has 0 saturated carbocycles. The van der Waals surface area contributed by atoms with Gasteiger partial charge >= 0.3 is 0 Å². The summed E-state index contributed by atoms with van der Waals surface area (Å²) in [5.41, 5.74) is 0.989. The third-order valence-corrected chi connectivity index (χ3v) is 2.02. The molecule has 0 spiro atoms. The fourth-order valence-corrected chi connectivity index (χ4v) is 1.26. The van der Waals surface area contributed by atoms with E-state index < -0.39 is 11.1 Å². The Balaban J connectivity index is 2.58. The smallest absolute Gasteiger partial charge is 0.232 e. The molecule has 13 heavy (non-hydrogen) atoms. The highest BCUT2D eigenvalue weighted by atomic mass is 32.2. The molecule has 68 valence electrons. The first kappa shape index (κ1) is 9.74. The summed E-state index contributed by atoms with van der Waals surface area (Å²) in [5, 5.41) is 1.47. The third kappa shape index (κ3) is 3.71. The van der Waals surface area contributed by atoms with Crippen LogP contribution in [0.5, 0.6) is 0 Å². The van der Waals surface area contributed by atoms with E-state index in [4.69, 9.17) is 0 Å². The lowest BCUT2D eigenvalue weighted by Gasteiger charge is -1.92. The molecule has 0 aliphatic carbocycles. The minimum absolute atomic E-state index is 0.989. The van der Waals surface area contributed by atoms with Crippen LogP contribution in [0.1, 0.15) is 5.56 Å². The van der Waals surface area contributed by atoms with Gasteiger partial charge in [-0.05, 0) is 11.6 Å². The van der Waals surface area contributed by atoms with Gasteiger partial charge in [0.25, 0.3) is 0 Å². The van der Waals surface area contributed by atoms with Crippen molar-refractivity contribution in [2.45, 2.75) is 0 Å². The standard InChI is InChI=1S/C10H10O2S/c1-2-12-13(11)9-8-10-6-4-3-5-7-10/h2-9H,1H2. The minimum atomic E-state index is -1.42. The van der Waals surface area contributed by atoms with Gasteiger partial charge in [-0.3, -0.25) is 0 Å². The Bertz CT molecular complexity index is 317. The summed E-state index contributed by atoms with van der Waals surface area (Å²) in [5.74, 6) is 0. The average Bonchev–Trinajstić information content (AvgIpc) is 2.17. The highest BCUT2D eigenvalue weighted by Gasteiger charge is 1.89. The van der Waals surface area contributed by atoms with Gasteiger partial charge < -0.3 is 4.18 Å². The molecule has 0 N–H and O–H groups in total.